The summed E-state index contributed by atoms with van der Waals surface area (Å²) in [5.74, 6) is 0.0804. The summed E-state index contributed by atoms with van der Waals surface area (Å²) >= 11 is 0. The molecule has 2 heterocycles. The maximum Gasteiger partial charge on any atom is 0.586 e. The van der Waals surface area contributed by atoms with E-state index >= 15 is 0 Å². The van der Waals surface area contributed by atoms with Gasteiger partial charge in [0.2, 0.25) is 0 Å². The third kappa shape index (κ3) is 1.79. The average Bonchev–Trinajstić information content (AvgIpc) is 2.62. The first-order chi connectivity index (χ1) is 8.55. The summed E-state index contributed by atoms with van der Waals surface area (Å²) < 4.78 is 34.7. The van der Waals surface area contributed by atoms with E-state index in [1.54, 1.807) is 19.3 Å². The van der Waals surface area contributed by atoms with E-state index in [0.29, 0.717) is 12.2 Å². The van der Waals surface area contributed by atoms with Crippen molar-refractivity contribution < 1.29 is 18.3 Å². The fourth-order valence-corrected chi connectivity index (χ4v) is 1.91. The monoisotopic (exact) mass is 252 g/mol. The van der Waals surface area contributed by atoms with E-state index in [2.05, 4.69) is 19.8 Å². The molecule has 0 saturated heterocycles. The van der Waals surface area contributed by atoms with Crippen LogP contribution in [0.3, 0.4) is 0 Å². The van der Waals surface area contributed by atoms with Gasteiger partial charge in [-0.1, -0.05) is 0 Å². The van der Waals surface area contributed by atoms with E-state index in [1.165, 1.54) is 12.1 Å². The second-order valence-electron chi connectivity index (χ2n) is 4.03. The Bertz CT molecular complexity index is 567. The second-order valence-corrected chi connectivity index (χ2v) is 4.03. The Morgan fingerprint density at radius 3 is 2.67 bits per heavy atom. The number of alkyl halides is 2. The fourth-order valence-electron chi connectivity index (χ4n) is 1.91. The van der Waals surface area contributed by atoms with Crippen LogP contribution in [0.15, 0.2) is 23.3 Å². The van der Waals surface area contributed by atoms with Gasteiger partial charge in [0.05, 0.1) is 5.70 Å². The molecule has 0 radical (unpaired) electrons. The Morgan fingerprint density at radius 1 is 1.28 bits per heavy atom. The summed E-state index contributed by atoms with van der Waals surface area (Å²) in [6, 6.07) is 3.04. The smallest absolute Gasteiger partial charge is 0.395 e. The molecule has 1 aromatic rings. The van der Waals surface area contributed by atoms with Crippen LogP contribution >= 0.6 is 0 Å². The summed E-state index contributed by atoms with van der Waals surface area (Å²) in [6.07, 6.45) is -0.132. The van der Waals surface area contributed by atoms with Crippen molar-refractivity contribution in [2.24, 2.45) is 4.99 Å². The van der Waals surface area contributed by atoms with Gasteiger partial charge in [-0.2, -0.15) is 0 Å². The van der Waals surface area contributed by atoms with Crippen molar-refractivity contribution >= 4 is 11.9 Å². The van der Waals surface area contributed by atoms with Gasteiger partial charge in [0.25, 0.3) is 0 Å². The third-order valence-corrected chi connectivity index (χ3v) is 2.70. The minimum Gasteiger partial charge on any atom is -0.395 e. The second kappa shape index (κ2) is 3.69. The van der Waals surface area contributed by atoms with Crippen molar-refractivity contribution in [2.45, 2.75) is 13.2 Å². The zero-order valence-electron chi connectivity index (χ0n) is 9.54. The first-order valence-corrected chi connectivity index (χ1v) is 5.42. The van der Waals surface area contributed by atoms with Gasteiger partial charge in [-0.15, -0.1) is 8.78 Å². The van der Waals surface area contributed by atoms with E-state index < -0.39 is 6.29 Å². The molecule has 4 nitrogen and oxygen atoms in total. The van der Waals surface area contributed by atoms with Crippen LogP contribution in [-0.2, 0) is 0 Å². The van der Waals surface area contributed by atoms with Gasteiger partial charge in [0, 0.05) is 24.5 Å². The number of hydrogen-bond donors (Lipinski definition) is 1. The molecular weight excluding hydrogens is 242 g/mol. The van der Waals surface area contributed by atoms with Crippen LogP contribution < -0.4 is 14.8 Å². The first kappa shape index (κ1) is 11.0. The number of nitrogens with zero attached hydrogens (tertiary/aromatic N) is 1. The SMILES string of the molecule is Cc1cc2c(cc1C1=CNCC=N1)OC(F)(F)O2. The quantitative estimate of drug-likeness (QED) is 0.833. The highest BCUT2D eigenvalue weighted by molar-refractivity contribution is 5.79. The van der Waals surface area contributed by atoms with Crippen molar-refractivity contribution in [1.29, 1.82) is 0 Å². The van der Waals surface area contributed by atoms with Gasteiger partial charge in [0.1, 0.15) is 0 Å². The van der Waals surface area contributed by atoms with Gasteiger partial charge in [0.15, 0.2) is 11.5 Å². The van der Waals surface area contributed by atoms with E-state index in [9.17, 15) is 8.78 Å². The number of ether oxygens (including phenoxy) is 2. The van der Waals surface area contributed by atoms with Gasteiger partial charge >= 0.3 is 6.29 Å². The van der Waals surface area contributed by atoms with Crippen LogP contribution in [-0.4, -0.2) is 19.1 Å². The molecule has 1 aromatic carbocycles. The van der Waals surface area contributed by atoms with Crippen molar-refractivity contribution in [3.05, 3.63) is 29.5 Å². The van der Waals surface area contributed by atoms with Crippen molar-refractivity contribution in [2.75, 3.05) is 6.54 Å². The zero-order valence-corrected chi connectivity index (χ0v) is 9.54. The van der Waals surface area contributed by atoms with Crippen LogP contribution in [0.5, 0.6) is 11.5 Å². The molecule has 18 heavy (non-hydrogen) atoms. The summed E-state index contributed by atoms with van der Waals surface area (Å²) in [5, 5.41) is 3.01. The van der Waals surface area contributed by atoms with E-state index in [0.717, 1.165) is 11.1 Å². The maximum absolute atomic E-state index is 12.9. The molecule has 0 atom stereocenters. The van der Waals surface area contributed by atoms with Crippen LogP contribution in [0.25, 0.3) is 5.70 Å². The highest BCUT2D eigenvalue weighted by atomic mass is 19.3. The Balaban J connectivity index is 2.04. The maximum atomic E-state index is 12.9. The van der Waals surface area contributed by atoms with Gasteiger partial charge in [-0.3, -0.25) is 4.99 Å². The predicted octanol–water partition coefficient (Wildman–Crippen LogP) is 2.29. The highest BCUT2D eigenvalue weighted by Gasteiger charge is 2.43. The minimum atomic E-state index is -3.59. The Labute approximate surface area is 102 Å². The number of aryl methyl sites for hydroxylation is 1. The van der Waals surface area contributed by atoms with Crippen LogP contribution in [0, 0.1) is 6.92 Å². The fraction of sp³-hybridized carbons (Fsp3) is 0.250. The molecule has 0 fully saturated rings. The normalized spacial score (nSPS) is 19.4. The predicted molar refractivity (Wildman–Crippen MR) is 61.9 cm³/mol. The molecule has 6 heteroatoms. The highest BCUT2D eigenvalue weighted by Crippen LogP contribution is 2.43. The third-order valence-electron chi connectivity index (χ3n) is 2.70. The molecule has 0 unspecified atom stereocenters. The molecule has 94 valence electrons. The topological polar surface area (TPSA) is 42.9 Å². The first-order valence-electron chi connectivity index (χ1n) is 5.42. The molecule has 0 spiro atoms. The molecule has 3 rings (SSSR count). The Kier molecular flexibility index (Phi) is 2.26. The lowest BCUT2D eigenvalue weighted by Crippen LogP contribution is -2.25. The zero-order chi connectivity index (χ0) is 12.8. The van der Waals surface area contributed by atoms with Gasteiger partial charge in [-0.05, 0) is 24.6 Å². The Hall–Kier alpha value is -2.11. The average molecular weight is 252 g/mol. The number of fused-ring (bicyclic) bond motifs is 1. The number of halogens is 2. The van der Waals surface area contributed by atoms with Crippen molar-refractivity contribution in [1.82, 2.24) is 5.32 Å². The lowest BCUT2D eigenvalue weighted by molar-refractivity contribution is -0.286. The molecule has 1 N–H and O–H groups in total. The van der Waals surface area contributed by atoms with Gasteiger partial charge < -0.3 is 14.8 Å². The molecule has 0 bridgehead atoms. The molecule has 0 saturated carbocycles. The molecule has 2 aliphatic heterocycles. The standard InChI is InChI=1S/C12H10F2N2O2/c1-7-4-10-11(18-12(13,14)17-10)5-8(7)9-6-15-2-3-16-9/h3-6,15H,2H2,1H3. The van der Waals surface area contributed by atoms with Crippen LogP contribution in [0.2, 0.25) is 0 Å². The van der Waals surface area contributed by atoms with Crippen LogP contribution in [0.4, 0.5) is 8.78 Å². The number of benzene rings is 1. The molecule has 0 aliphatic carbocycles. The van der Waals surface area contributed by atoms with Gasteiger partial charge in [-0.25, -0.2) is 0 Å². The molecular formula is C12H10F2N2O2. The molecule has 0 amide bonds. The minimum absolute atomic E-state index is 0.0299. The lowest BCUT2D eigenvalue weighted by atomic mass is 10.0. The number of nitrogens with one attached hydrogen (secondary N) is 1. The largest absolute Gasteiger partial charge is 0.586 e. The van der Waals surface area contributed by atoms with E-state index in [4.69, 9.17) is 0 Å². The van der Waals surface area contributed by atoms with Crippen molar-refractivity contribution in [3.63, 3.8) is 0 Å². The molecule has 0 aromatic heterocycles. The summed E-state index contributed by atoms with van der Waals surface area (Å²) in [4.78, 5) is 4.21. The Morgan fingerprint density at radius 2 is 2.00 bits per heavy atom. The van der Waals surface area contributed by atoms with E-state index in [-0.39, 0.29) is 11.5 Å². The summed E-state index contributed by atoms with van der Waals surface area (Å²) in [5.41, 5.74) is 2.21. The van der Waals surface area contributed by atoms with Crippen LogP contribution in [0.1, 0.15) is 11.1 Å². The number of rotatable bonds is 1. The number of aliphatic imine (C=N–C) groups is 1. The van der Waals surface area contributed by atoms with E-state index in [1.807, 2.05) is 0 Å². The number of hydrogen-bond acceptors (Lipinski definition) is 4. The van der Waals surface area contributed by atoms with Crippen molar-refractivity contribution in [3.8, 4) is 11.5 Å². The summed E-state index contributed by atoms with van der Waals surface area (Å²) in [6.45, 7) is 2.46. The lowest BCUT2D eigenvalue weighted by Gasteiger charge is -2.11. The summed E-state index contributed by atoms with van der Waals surface area (Å²) in [7, 11) is 0. The molecule has 2 aliphatic rings.